The maximum atomic E-state index is 13.0. The quantitative estimate of drug-likeness (QED) is 0.709. The number of anilines is 1. The van der Waals surface area contributed by atoms with Crippen molar-refractivity contribution in [2.24, 2.45) is 0 Å². The van der Waals surface area contributed by atoms with Gasteiger partial charge in [0.1, 0.15) is 0 Å². The molecule has 0 radical (unpaired) electrons. The van der Waals surface area contributed by atoms with Gasteiger partial charge in [0.05, 0.1) is 22.0 Å². The molecule has 2 aromatic heterocycles. The minimum absolute atomic E-state index is 0.138. The number of nitrogens with zero attached hydrogens (tertiary/aromatic N) is 3. The number of aromatic nitrogens is 3. The van der Waals surface area contributed by atoms with E-state index in [0.29, 0.717) is 22.6 Å². The van der Waals surface area contributed by atoms with Crippen molar-refractivity contribution in [1.29, 1.82) is 0 Å². The largest absolute Gasteiger partial charge is 0.322 e. The first-order valence-electron chi connectivity index (χ1n) is 9.23. The van der Waals surface area contributed by atoms with E-state index in [4.69, 9.17) is 4.98 Å². The molecular formula is C20H22N4O3S. The molecule has 1 N–H and O–H groups in total. The second-order valence-electron chi connectivity index (χ2n) is 7.54. The summed E-state index contributed by atoms with van der Waals surface area (Å²) in [7, 11) is -3.27. The summed E-state index contributed by atoms with van der Waals surface area (Å²) in [5.41, 5.74) is 2.71. The Hall–Kier alpha value is -2.74. The molecule has 1 aromatic carbocycles. The number of fused-ring (bicyclic) bond motifs is 1. The molecule has 4 rings (SSSR count). The molecule has 146 valence electrons. The van der Waals surface area contributed by atoms with Crippen molar-refractivity contribution in [2.45, 2.75) is 43.5 Å². The minimum atomic E-state index is -3.27. The fourth-order valence-electron chi connectivity index (χ4n) is 3.18. The lowest BCUT2D eigenvalue weighted by atomic mass is 10.1. The second-order valence-corrected chi connectivity index (χ2v) is 9.56. The summed E-state index contributed by atoms with van der Waals surface area (Å²) >= 11 is 0. The van der Waals surface area contributed by atoms with Crippen LogP contribution in [-0.2, 0) is 9.84 Å². The van der Waals surface area contributed by atoms with E-state index in [2.05, 4.69) is 10.4 Å². The van der Waals surface area contributed by atoms with Gasteiger partial charge in [-0.15, -0.1) is 0 Å². The van der Waals surface area contributed by atoms with Crippen LogP contribution in [0.3, 0.4) is 0 Å². The zero-order valence-corrected chi connectivity index (χ0v) is 16.8. The maximum Gasteiger partial charge on any atom is 0.256 e. The average molecular weight is 398 g/mol. The Morgan fingerprint density at radius 1 is 1.21 bits per heavy atom. The number of amides is 1. The summed E-state index contributed by atoms with van der Waals surface area (Å²) < 4.78 is 25.0. The van der Waals surface area contributed by atoms with Gasteiger partial charge >= 0.3 is 0 Å². The normalized spacial score (nSPS) is 14.6. The summed E-state index contributed by atoms with van der Waals surface area (Å²) in [4.78, 5) is 18.0. The Labute approximate surface area is 163 Å². The molecule has 0 spiro atoms. The van der Waals surface area contributed by atoms with Crippen LogP contribution in [0, 0.1) is 0 Å². The van der Waals surface area contributed by atoms with Crippen molar-refractivity contribution in [3.05, 3.63) is 47.8 Å². The Bertz CT molecular complexity index is 1160. The number of rotatable bonds is 5. The van der Waals surface area contributed by atoms with Gasteiger partial charge in [-0.2, -0.15) is 5.10 Å². The number of carbonyl (C=O) groups excluding carboxylic acids is 1. The molecule has 0 bridgehead atoms. The third kappa shape index (κ3) is 3.52. The van der Waals surface area contributed by atoms with E-state index in [1.54, 1.807) is 18.3 Å². The molecule has 0 saturated heterocycles. The fraction of sp³-hybridized carbons (Fsp3) is 0.350. The van der Waals surface area contributed by atoms with Gasteiger partial charge in [0, 0.05) is 29.6 Å². The van der Waals surface area contributed by atoms with Gasteiger partial charge in [0.25, 0.3) is 5.91 Å². The van der Waals surface area contributed by atoms with Crippen LogP contribution in [0.5, 0.6) is 0 Å². The molecule has 8 heteroatoms. The molecule has 1 aliphatic carbocycles. The lowest BCUT2D eigenvalue weighted by molar-refractivity contribution is 0.102. The highest BCUT2D eigenvalue weighted by Crippen LogP contribution is 2.40. The highest BCUT2D eigenvalue weighted by atomic mass is 32.2. The van der Waals surface area contributed by atoms with Gasteiger partial charge in [-0.3, -0.25) is 4.79 Å². The molecule has 28 heavy (non-hydrogen) atoms. The van der Waals surface area contributed by atoms with Crippen molar-refractivity contribution in [1.82, 2.24) is 14.8 Å². The van der Waals surface area contributed by atoms with E-state index in [0.717, 1.165) is 30.4 Å². The van der Waals surface area contributed by atoms with E-state index >= 15 is 0 Å². The van der Waals surface area contributed by atoms with E-state index in [-0.39, 0.29) is 16.8 Å². The zero-order valence-electron chi connectivity index (χ0n) is 16.0. The van der Waals surface area contributed by atoms with Crippen LogP contribution < -0.4 is 5.32 Å². The van der Waals surface area contributed by atoms with E-state index in [9.17, 15) is 13.2 Å². The molecule has 0 atom stereocenters. The Balaban J connectivity index is 1.70. The Morgan fingerprint density at radius 3 is 2.46 bits per heavy atom. The van der Waals surface area contributed by atoms with Crippen LogP contribution in [0.15, 0.2) is 41.4 Å². The SMILES string of the molecule is CC(C)n1ncc2c(C(=O)Nc3ccc(S(C)(=O)=O)cc3)cc(C3CC3)nc21. The lowest BCUT2D eigenvalue weighted by Gasteiger charge is -2.11. The zero-order chi connectivity index (χ0) is 20.1. The van der Waals surface area contributed by atoms with Crippen LogP contribution in [0.2, 0.25) is 0 Å². The van der Waals surface area contributed by atoms with Gasteiger partial charge in [-0.25, -0.2) is 18.1 Å². The maximum absolute atomic E-state index is 13.0. The fourth-order valence-corrected chi connectivity index (χ4v) is 3.81. The summed E-state index contributed by atoms with van der Waals surface area (Å²) in [6.07, 6.45) is 5.01. The summed E-state index contributed by atoms with van der Waals surface area (Å²) in [5, 5.41) is 7.98. The van der Waals surface area contributed by atoms with E-state index in [1.165, 1.54) is 12.1 Å². The third-order valence-corrected chi connectivity index (χ3v) is 5.98. The number of benzene rings is 1. The monoisotopic (exact) mass is 398 g/mol. The predicted molar refractivity (Wildman–Crippen MR) is 107 cm³/mol. The van der Waals surface area contributed by atoms with Crippen LogP contribution in [0.1, 0.15) is 54.7 Å². The van der Waals surface area contributed by atoms with Crippen molar-refractivity contribution in [3.63, 3.8) is 0 Å². The Morgan fingerprint density at radius 2 is 1.89 bits per heavy atom. The Kier molecular flexibility index (Phi) is 4.45. The first kappa shape index (κ1) is 18.6. The molecule has 1 fully saturated rings. The van der Waals surface area contributed by atoms with Crippen LogP contribution in [0.25, 0.3) is 11.0 Å². The van der Waals surface area contributed by atoms with Crippen LogP contribution in [-0.4, -0.2) is 35.3 Å². The van der Waals surface area contributed by atoms with Gasteiger partial charge in [-0.1, -0.05) is 0 Å². The van der Waals surface area contributed by atoms with Gasteiger partial charge in [0.15, 0.2) is 15.5 Å². The molecule has 7 nitrogen and oxygen atoms in total. The number of pyridine rings is 1. The number of hydrogen-bond acceptors (Lipinski definition) is 5. The van der Waals surface area contributed by atoms with Crippen molar-refractivity contribution >= 4 is 32.5 Å². The molecule has 1 amide bonds. The van der Waals surface area contributed by atoms with Crippen LogP contribution in [0.4, 0.5) is 5.69 Å². The molecule has 1 aliphatic rings. The third-order valence-electron chi connectivity index (χ3n) is 4.86. The molecular weight excluding hydrogens is 376 g/mol. The molecule has 2 heterocycles. The summed E-state index contributed by atoms with van der Waals surface area (Å²) in [6.45, 7) is 4.06. The van der Waals surface area contributed by atoms with Gasteiger partial charge < -0.3 is 5.32 Å². The molecule has 0 unspecified atom stereocenters. The standard InChI is InChI=1S/C20H22N4O3S/c1-12(2)24-19-17(11-21-24)16(10-18(23-19)13-4-5-13)20(25)22-14-6-8-15(9-7-14)28(3,26)27/h6-13H,4-5H2,1-3H3,(H,22,25). The first-order valence-corrected chi connectivity index (χ1v) is 11.1. The minimum Gasteiger partial charge on any atom is -0.322 e. The van der Waals surface area contributed by atoms with Crippen molar-refractivity contribution in [3.8, 4) is 0 Å². The van der Waals surface area contributed by atoms with E-state index in [1.807, 2.05) is 24.6 Å². The number of nitrogens with one attached hydrogen (secondary N) is 1. The van der Waals surface area contributed by atoms with E-state index < -0.39 is 9.84 Å². The number of sulfone groups is 1. The topological polar surface area (TPSA) is 94.0 Å². The van der Waals surface area contributed by atoms with Crippen LogP contribution >= 0.6 is 0 Å². The highest BCUT2D eigenvalue weighted by molar-refractivity contribution is 7.90. The smallest absolute Gasteiger partial charge is 0.256 e. The predicted octanol–water partition coefficient (Wildman–Crippen LogP) is 3.55. The van der Waals surface area contributed by atoms with Crippen molar-refractivity contribution in [2.75, 3.05) is 11.6 Å². The summed E-state index contributed by atoms with van der Waals surface area (Å²) in [5.74, 6) is 0.144. The lowest BCUT2D eigenvalue weighted by Crippen LogP contribution is -2.14. The average Bonchev–Trinajstić information content (AvgIpc) is 3.39. The van der Waals surface area contributed by atoms with Gasteiger partial charge in [0.2, 0.25) is 0 Å². The molecule has 0 aliphatic heterocycles. The van der Waals surface area contributed by atoms with Crippen molar-refractivity contribution < 1.29 is 13.2 Å². The van der Waals surface area contributed by atoms with Gasteiger partial charge in [-0.05, 0) is 57.0 Å². The highest BCUT2D eigenvalue weighted by Gasteiger charge is 2.28. The molecule has 3 aromatic rings. The second kappa shape index (κ2) is 6.70. The summed E-state index contributed by atoms with van der Waals surface area (Å²) in [6, 6.07) is 8.14. The number of carbonyl (C=O) groups is 1. The number of hydrogen-bond donors (Lipinski definition) is 1. The first-order chi connectivity index (χ1) is 13.2. The molecule has 1 saturated carbocycles.